The minimum atomic E-state index is -1.45. The Morgan fingerprint density at radius 1 is 0.860 bits per heavy atom. The molecule has 6 atom stereocenters. The predicted octanol–water partition coefficient (Wildman–Crippen LogP) is 7.19. The number of hydrogen-bond donors (Lipinski definition) is 1. The number of imide groups is 1. The largest absolute Gasteiger partial charge is 0.504 e. The molecule has 1 aliphatic heterocycles. The van der Waals surface area contributed by atoms with Gasteiger partial charge in [0.1, 0.15) is 0 Å². The number of fused-ring (bicyclic) bond motifs is 4. The van der Waals surface area contributed by atoms with Gasteiger partial charge in [-0.2, -0.15) is 0 Å². The number of ketones is 2. The zero-order chi connectivity index (χ0) is 34.7. The van der Waals surface area contributed by atoms with Gasteiger partial charge in [-0.1, -0.05) is 119 Å². The highest BCUT2D eigenvalue weighted by molar-refractivity contribution is 9.10. The van der Waals surface area contributed by atoms with E-state index in [1.807, 2.05) is 97.1 Å². The number of phenols is 1. The fraction of sp³-hybridized carbons (Fsp3) is 0.238. The Labute approximate surface area is 298 Å². The minimum absolute atomic E-state index is 0.143. The van der Waals surface area contributed by atoms with E-state index in [1.54, 1.807) is 12.1 Å². The first kappa shape index (κ1) is 32.1. The van der Waals surface area contributed by atoms with Crippen LogP contribution in [0.2, 0.25) is 0 Å². The molecule has 50 heavy (non-hydrogen) atoms. The molecular formula is C42H34BrNO6. The summed E-state index contributed by atoms with van der Waals surface area (Å²) in [4.78, 5) is 60.0. The summed E-state index contributed by atoms with van der Waals surface area (Å²) in [6, 6.07) is 31.3. The molecule has 3 aliphatic carbocycles. The average molecular weight is 729 g/mol. The molecular weight excluding hydrogens is 694 g/mol. The van der Waals surface area contributed by atoms with Crippen molar-refractivity contribution in [2.45, 2.75) is 30.7 Å². The number of allylic oxidation sites excluding steroid dienone is 4. The van der Waals surface area contributed by atoms with Gasteiger partial charge in [-0.3, -0.25) is 24.1 Å². The number of likely N-dealkylation sites (tertiary alicyclic amines) is 1. The van der Waals surface area contributed by atoms with Crippen LogP contribution in [0.3, 0.4) is 0 Å². The highest BCUT2D eigenvalue weighted by atomic mass is 79.9. The van der Waals surface area contributed by atoms with E-state index in [0.717, 1.165) is 11.1 Å². The second kappa shape index (κ2) is 12.4. The molecule has 6 unspecified atom stereocenters. The number of phenolic OH excluding ortho intramolecular Hbond substituents is 1. The molecule has 7 nitrogen and oxygen atoms in total. The van der Waals surface area contributed by atoms with E-state index >= 15 is 9.59 Å². The van der Waals surface area contributed by atoms with Crippen LogP contribution in [-0.2, 0) is 31.1 Å². The maximum atomic E-state index is 15.2. The number of methoxy groups -OCH3 is 1. The summed E-state index contributed by atoms with van der Waals surface area (Å²) in [7, 11) is 1.46. The van der Waals surface area contributed by atoms with Crippen molar-refractivity contribution in [2.75, 3.05) is 7.11 Å². The van der Waals surface area contributed by atoms with Crippen LogP contribution in [0.5, 0.6) is 11.5 Å². The average Bonchev–Trinajstić information content (AvgIpc) is 3.38. The van der Waals surface area contributed by atoms with Crippen LogP contribution < -0.4 is 4.74 Å². The van der Waals surface area contributed by atoms with E-state index in [2.05, 4.69) is 15.9 Å². The van der Waals surface area contributed by atoms with Crippen LogP contribution in [0.4, 0.5) is 0 Å². The van der Waals surface area contributed by atoms with Gasteiger partial charge in [-0.25, -0.2) is 0 Å². The summed E-state index contributed by atoms with van der Waals surface area (Å²) in [5.74, 6) is -4.47. The molecule has 4 aliphatic rings. The summed E-state index contributed by atoms with van der Waals surface area (Å²) in [5, 5.41) is 11.9. The lowest BCUT2D eigenvalue weighted by Gasteiger charge is -2.55. The Morgan fingerprint density at radius 3 is 2.20 bits per heavy atom. The van der Waals surface area contributed by atoms with Gasteiger partial charge in [0, 0.05) is 27.4 Å². The Hall–Kier alpha value is -5.08. The second-order valence-electron chi connectivity index (χ2n) is 13.6. The smallest absolute Gasteiger partial charge is 0.234 e. The molecule has 1 saturated heterocycles. The van der Waals surface area contributed by atoms with Crippen molar-refractivity contribution in [2.24, 2.45) is 23.7 Å². The maximum absolute atomic E-state index is 15.2. The van der Waals surface area contributed by atoms with Crippen molar-refractivity contribution >= 4 is 44.9 Å². The third kappa shape index (κ3) is 4.76. The third-order valence-corrected chi connectivity index (χ3v) is 11.7. The SMILES string of the molecule is COc1cc(Br)cc(C2C3=CCC4C(=O)N(Cc5ccccc5)C(=O)C4C3CC3C(=O)C(c4ccccc4)=CC(=O)C32c2ccccc2)c1O. The lowest BCUT2D eigenvalue weighted by Crippen LogP contribution is -2.58. The van der Waals surface area contributed by atoms with Crippen LogP contribution in [-0.4, -0.2) is 40.5 Å². The van der Waals surface area contributed by atoms with Crippen molar-refractivity contribution in [1.29, 1.82) is 0 Å². The molecule has 0 aromatic heterocycles. The summed E-state index contributed by atoms with van der Waals surface area (Å²) in [6.07, 6.45) is 3.96. The van der Waals surface area contributed by atoms with Gasteiger partial charge in [0.2, 0.25) is 11.8 Å². The molecule has 0 radical (unpaired) electrons. The third-order valence-electron chi connectivity index (χ3n) is 11.2. The number of aromatic hydroxyl groups is 1. The first-order valence-electron chi connectivity index (χ1n) is 16.8. The number of amides is 2. The summed E-state index contributed by atoms with van der Waals surface area (Å²) >= 11 is 3.59. The number of benzene rings is 4. The number of hydrogen-bond acceptors (Lipinski definition) is 6. The van der Waals surface area contributed by atoms with Crippen LogP contribution >= 0.6 is 15.9 Å². The van der Waals surface area contributed by atoms with Crippen LogP contribution in [0.1, 0.15) is 41.0 Å². The highest BCUT2D eigenvalue weighted by Crippen LogP contribution is 2.65. The summed E-state index contributed by atoms with van der Waals surface area (Å²) < 4.78 is 6.21. The van der Waals surface area contributed by atoms with Gasteiger partial charge in [-0.05, 0) is 53.7 Å². The molecule has 4 aromatic rings. The Bertz CT molecular complexity index is 2110. The number of halogens is 1. The quantitative estimate of drug-likeness (QED) is 0.167. The molecule has 1 saturated carbocycles. The lowest BCUT2D eigenvalue weighted by atomic mass is 9.44. The van der Waals surface area contributed by atoms with Crippen LogP contribution in [0.15, 0.2) is 125 Å². The molecule has 4 aromatic carbocycles. The molecule has 1 N–H and O–H groups in total. The van der Waals surface area contributed by atoms with Gasteiger partial charge in [0.15, 0.2) is 23.1 Å². The molecule has 2 amide bonds. The molecule has 0 spiro atoms. The zero-order valence-electron chi connectivity index (χ0n) is 27.3. The molecule has 250 valence electrons. The normalized spacial score (nSPS) is 27.2. The number of carbonyl (C=O) groups excluding carboxylic acids is 4. The number of rotatable bonds is 6. The molecule has 8 heteroatoms. The van der Waals surface area contributed by atoms with Crippen LogP contribution in [0.25, 0.3) is 5.57 Å². The summed E-state index contributed by atoms with van der Waals surface area (Å²) in [6.45, 7) is 0.163. The van der Waals surface area contributed by atoms with Gasteiger partial charge in [0.05, 0.1) is 30.9 Å². The van der Waals surface area contributed by atoms with Crippen molar-refractivity contribution in [1.82, 2.24) is 4.90 Å². The number of ether oxygens (including phenoxy) is 1. The van der Waals surface area contributed by atoms with Crippen molar-refractivity contribution in [3.8, 4) is 11.5 Å². The Morgan fingerprint density at radius 2 is 1.52 bits per heavy atom. The van der Waals surface area contributed by atoms with E-state index in [0.29, 0.717) is 33.2 Å². The van der Waals surface area contributed by atoms with Crippen molar-refractivity contribution < 1.29 is 29.0 Å². The Kier molecular flexibility index (Phi) is 7.94. The highest BCUT2D eigenvalue weighted by Gasteiger charge is 2.66. The monoisotopic (exact) mass is 727 g/mol. The fourth-order valence-electron chi connectivity index (χ4n) is 9.18. The second-order valence-corrected chi connectivity index (χ2v) is 14.5. The van der Waals surface area contributed by atoms with Gasteiger partial charge in [-0.15, -0.1) is 0 Å². The van der Waals surface area contributed by atoms with E-state index < -0.39 is 35.0 Å². The van der Waals surface area contributed by atoms with E-state index in [4.69, 9.17) is 4.74 Å². The summed E-state index contributed by atoms with van der Waals surface area (Å²) in [5.41, 5.74) is 2.20. The predicted molar refractivity (Wildman–Crippen MR) is 191 cm³/mol. The maximum Gasteiger partial charge on any atom is 0.234 e. The lowest BCUT2D eigenvalue weighted by molar-refractivity contribution is -0.141. The minimum Gasteiger partial charge on any atom is -0.504 e. The van der Waals surface area contributed by atoms with Gasteiger partial charge < -0.3 is 9.84 Å². The topological polar surface area (TPSA) is 101 Å². The molecule has 0 bridgehead atoms. The van der Waals surface area contributed by atoms with Gasteiger partial charge >= 0.3 is 0 Å². The Balaban J connectivity index is 1.37. The van der Waals surface area contributed by atoms with Gasteiger partial charge in [0.25, 0.3) is 0 Å². The van der Waals surface area contributed by atoms with Crippen LogP contribution in [0, 0.1) is 23.7 Å². The first-order chi connectivity index (χ1) is 24.2. The van der Waals surface area contributed by atoms with E-state index in [-0.39, 0.29) is 47.8 Å². The zero-order valence-corrected chi connectivity index (χ0v) is 28.9. The van der Waals surface area contributed by atoms with Crippen molar-refractivity contribution in [3.63, 3.8) is 0 Å². The standard InChI is InChI=1S/C42H34BrNO6/c1-50-34-20-27(43)19-32(39(34)47)37-28-17-18-29-36(41(49)44(40(29)48)23-24-11-5-2-6-12-24)31(28)21-33-38(46)30(25-13-7-3-8-14-25)22-35(45)42(33,37)26-15-9-4-10-16-26/h2-17,19-20,22,29,31,33,36-37,47H,18,21,23H2,1H3. The molecule has 2 fully saturated rings. The number of carbonyl (C=O) groups is 4. The van der Waals surface area contributed by atoms with E-state index in [9.17, 15) is 14.7 Å². The number of nitrogens with zero attached hydrogens (tertiary/aromatic N) is 1. The van der Waals surface area contributed by atoms with E-state index in [1.165, 1.54) is 18.1 Å². The molecule has 1 heterocycles. The fourth-order valence-corrected chi connectivity index (χ4v) is 9.63. The number of Topliss-reactive ketones (excluding diaryl/α,β-unsaturated/α-hetero) is 1. The molecule has 8 rings (SSSR count). The first-order valence-corrected chi connectivity index (χ1v) is 17.6. The van der Waals surface area contributed by atoms with Crippen molar-refractivity contribution in [3.05, 3.63) is 148 Å².